The SMILES string of the molecule is COC1CC(C)C(O)C(C=O)O1. The summed E-state index contributed by atoms with van der Waals surface area (Å²) in [7, 11) is 1.52. The zero-order valence-electron chi connectivity index (χ0n) is 7.27. The van der Waals surface area contributed by atoms with E-state index in [4.69, 9.17) is 9.47 Å². The Morgan fingerprint density at radius 1 is 1.67 bits per heavy atom. The molecule has 0 aromatic heterocycles. The topological polar surface area (TPSA) is 55.8 Å². The quantitative estimate of drug-likeness (QED) is 0.596. The van der Waals surface area contributed by atoms with Gasteiger partial charge in [-0.05, 0) is 5.92 Å². The number of ether oxygens (including phenoxy) is 2. The predicted molar refractivity (Wildman–Crippen MR) is 41.5 cm³/mol. The largest absolute Gasteiger partial charge is 0.390 e. The first-order chi connectivity index (χ1) is 5.69. The fourth-order valence-corrected chi connectivity index (χ4v) is 1.34. The molecule has 0 aliphatic carbocycles. The Balaban J connectivity index is 2.57. The highest BCUT2D eigenvalue weighted by atomic mass is 16.7. The predicted octanol–water partition coefficient (Wildman–Crippen LogP) is -0.0563. The van der Waals surface area contributed by atoms with Crippen LogP contribution in [-0.2, 0) is 14.3 Å². The van der Waals surface area contributed by atoms with E-state index in [2.05, 4.69) is 0 Å². The number of methoxy groups -OCH3 is 1. The number of rotatable bonds is 2. The van der Waals surface area contributed by atoms with Crippen molar-refractivity contribution in [2.45, 2.75) is 31.8 Å². The molecule has 70 valence electrons. The third kappa shape index (κ3) is 1.83. The molecule has 0 radical (unpaired) electrons. The van der Waals surface area contributed by atoms with Crippen molar-refractivity contribution in [1.82, 2.24) is 0 Å². The summed E-state index contributed by atoms with van der Waals surface area (Å²) in [4.78, 5) is 10.4. The number of hydrogen-bond donors (Lipinski definition) is 1. The number of carbonyl (C=O) groups is 1. The van der Waals surface area contributed by atoms with E-state index in [1.165, 1.54) is 7.11 Å². The average molecular weight is 174 g/mol. The molecule has 1 fully saturated rings. The summed E-state index contributed by atoms with van der Waals surface area (Å²) in [5.41, 5.74) is 0. The monoisotopic (exact) mass is 174 g/mol. The molecular weight excluding hydrogens is 160 g/mol. The lowest BCUT2D eigenvalue weighted by Gasteiger charge is -2.34. The smallest absolute Gasteiger partial charge is 0.158 e. The van der Waals surface area contributed by atoms with Crippen LogP contribution in [0.1, 0.15) is 13.3 Å². The fourth-order valence-electron chi connectivity index (χ4n) is 1.34. The normalized spacial score (nSPS) is 42.6. The lowest BCUT2D eigenvalue weighted by atomic mass is 9.94. The van der Waals surface area contributed by atoms with Crippen LogP contribution in [0.15, 0.2) is 0 Å². The molecular formula is C8H14O4. The molecule has 1 saturated heterocycles. The molecule has 0 saturated carbocycles. The third-order valence-corrected chi connectivity index (χ3v) is 2.19. The van der Waals surface area contributed by atoms with Gasteiger partial charge < -0.3 is 19.4 Å². The minimum atomic E-state index is -0.737. The molecule has 4 atom stereocenters. The summed E-state index contributed by atoms with van der Waals surface area (Å²) in [6.45, 7) is 1.87. The maximum absolute atomic E-state index is 10.4. The zero-order valence-corrected chi connectivity index (χ0v) is 7.27. The Labute approximate surface area is 71.5 Å². The third-order valence-electron chi connectivity index (χ3n) is 2.19. The number of aldehydes is 1. The van der Waals surface area contributed by atoms with Crippen LogP contribution in [0.3, 0.4) is 0 Å². The van der Waals surface area contributed by atoms with E-state index in [0.29, 0.717) is 12.7 Å². The van der Waals surface area contributed by atoms with Gasteiger partial charge in [-0.3, -0.25) is 0 Å². The van der Waals surface area contributed by atoms with E-state index in [9.17, 15) is 9.90 Å². The molecule has 1 rings (SSSR count). The molecule has 1 aliphatic rings. The van der Waals surface area contributed by atoms with Gasteiger partial charge in [0.2, 0.25) is 0 Å². The van der Waals surface area contributed by atoms with Crippen molar-refractivity contribution < 1.29 is 19.4 Å². The van der Waals surface area contributed by atoms with Gasteiger partial charge in [-0.2, -0.15) is 0 Å². The first-order valence-electron chi connectivity index (χ1n) is 4.00. The maximum atomic E-state index is 10.4. The summed E-state index contributed by atoms with van der Waals surface area (Å²) in [5.74, 6) is 0.0406. The summed E-state index contributed by atoms with van der Waals surface area (Å²) < 4.78 is 10.1. The van der Waals surface area contributed by atoms with Crippen molar-refractivity contribution in [2.24, 2.45) is 5.92 Å². The van der Waals surface area contributed by atoms with Crippen molar-refractivity contribution in [3.8, 4) is 0 Å². The van der Waals surface area contributed by atoms with Gasteiger partial charge in [0, 0.05) is 13.5 Å². The van der Waals surface area contributed by atoms with E-state index >= 15 is 0 Å². The zero-order chi connectivity index (χ0) is 9.14. The second-order valence-electron chi connectivity index (χ2n) is 3.11. The van der Waals surface area contributed by atoms with E-state index in [-0.39, 0.29) is 12.2 Å². The highest BCUT2D eigenvalue weighted by Gasteiger charge is 2.34. The molecule has 0 spiro atoms. The maximum Gasteiger partial charge on any atom is 0.158 e. The van der Waals surface area contributed by atoms with Crippen LogP contribution in [0.25, 0.3) is 0 Å². The van der Waals surface area contributed by atoms with Crippen LogP contribution in [0.4, 0.5) is 0 Å². The highest BCUT2D eigenvalue weighted by molar-refractivity contribution is 5.57. The summed E-state index contributed by atoms with van der Waals surface area (Å²) in [6, 6.07) is 0. The average Bonchev–Trinajstić information content (AvgIpc) is 2.09. The van der Waals surface area contributed by atoms with Crippen LogP contribution >= 0.6 is 0 Å². The second-order valence-corrected chi connectivity index (χ2v) is 3.11. The molecule has 1 aliphatic heterocycles. The van der Waals surface area contributed by atoms with Crippen molar-refractivity contribution in [3.63, 3.8) is 0 Å². The molecule has 1 N–H and O–H groups in total. The highest BCUT2D eigenvalue weighted by Crippen LogP contribution is 2.24. The van der Waals surface area contributed by atoms with Crippen LogP contribution in [-0.4, -0.2) is 37.0 Å². The Bertz CT molecular complexity index is 159. The van der Waals surface area contributed by atoms with Crippen molar-refractivity contribution in [2.75, 3.05) is 7.11 Å². The molecule has 0 amide bonds. The summed E-state index contributed by atoms with van der Waals surface area (Å²) in [5, 5.41) is 9.44. The number of hydrogen-bond acceptors (Lipinski definition) is 4. The van der Waals surface area contributed by atoms with Crippen LogP contribution in [0, 0.1) is 5.92 Å². The van der Waals surface area contributed by atoms with E-state index < -0.39 is 12.2 Å². The number of carbonyl (C=O) groups excluding carboxylic acids is 1. The summed E-state index contributed by atoms with van der Waals surface area (Å²) >= 11 is 0. The van der Waals surface area contributed by atoms with Crippen molar-refractivity contribution in [1.29, 1.82) is 0 Å². The molecule has 4 heteroatoms. The Hall–Kier alpha value is -0.450. The molecule has 0 aromatic rings. The molecule has 4 nitrogen and oxygen atoms in total. The van der Waals surface area contributed by atoms with E-state index in [1.54, 1.807) is 0 Å². The Kier molecular flexibility index (Phi) is 3.20. The minimum absolute atomic E-state index is 0.0406. The Morgan fingerprint density at radius 2 is 2.33 bits per heavy atom. The van der Waals surface area contributed by atoms with Gasteiger partial charge in [-0.25, -0.2) is 0 Å². The van der Waals surface area contributed by atoms with Gasteiger partial charge in [0.25, 0.3) is 0 Å². The van der Waals surface area contributed by atoms with Gasteiger partial charge in [0.1, 0.15) is 6.10 Å². The second kappa shape index (κ2) is 3.98. The fraction of sp³-hybridized carbons (Fsp3) is 0.875. The van der Waals surface area contributed by atoms with Crippen LogP contribution in [0.2, 0.25) is 0 Å². The minimum Gasteiger partial charge on any atom is -0.390 e. The van der Waals surface area contributed by atoms with Gasteiger partial charge in [0.05, 0.1) is 6.10 Å². The number of aliphatic hydroxyl groups excluding tert-OH is 1. The lowest BCUT2D eigenvalue weighted by Crippen LogP contribution is -2.45. The molecule has 1 heterocycles. The molecule has 4 unspecified atom stereocenters. The lowest BCUT2D eigenvalue weighted by molar-refractivity contribution is -0.219. The van der Waals surface area contributed by atoms with Gasteiger partial charge in [-0.1, -0.05) is 6.92 Å². The van der Waals surface area contributed by atoms with E-state index in [1.807, 2.05) is 6.92 Å². The van der Waals surface area contributed by atoms with Crippen molar-refractivity contribution in [3.05, 3.63) is 0 Å². The molecule has 0 bridgehead atoms. The van der Waals surface area contributed by atoms with Gasteiger partial charge >= 0.3 is 0 Å². The van der Waals surface area contributed by atoms with Crippen molar-refractivity contribution >= 4 is 6.29 Å². The Morgan fingerprint density at radius 3 is 2.83 bits per heavy atom. The molecule has 0 aromatic carbocycles. The first-order valence-corrected chi connectivity index (χ1v) is 4.00. The van der Waals surface area contributed by atoms with Crippen LogP contribution < -0.4 is 0 Å². The van der Waals surface area contributed by atoms with Gasteiger partial charge in [-0.15, -0.1) is 0 Å². The molecule has 12 heavy (non-hydrogen) atoms. The van der Waals surface area contributed by atoms with E-state index in [0.717, 1.165) is 0 Å². The van der Waals surface area contributed by atoms with Crippen LogP contribution in [0.5, 0.6) is 0 Å². The first kappa shape index (κ1) is 9.64. The van der Waals surface area contributed by atoms with Gasteiger partial charge in [0.15, 0.2) is 12.6 Å². The summed E-state index contributed by atoms with van der Waals surface area (Å²) in [6.07, 6.45) is -0.555. The number of aliphatic hydroxyl groups is 1. The standard InChI is InChI=1S/C8H14O4/c1-5-3-7(11-2)12-6(4-9)8(5)10/h4-8,10H,3H2,1-2H3.